The van der Waals surface area contributed by atoms with Crippen molar-refractivity contribution >= 4 is 50.7 Å². The highest BCUT2D eigenvalue weighted by Gasteiger charge is 2.32. The normalized spacial score (nSPS) is 14.1. The van der Waals surface area contributed by atoms with Crippen LogP contribution in [0.5, 0.6) is 11.5 Å². The summed E-state index contributed by atoms with van der Waals surface area (Å²) < 4.78 is 37.9. The summed E-state index contributed by atoms with van der Waals surface area (Å²) in [4.78, 5) is 28.1. The summed E-state index contributed by atoms with van der Waals surface area (Å²) in [5.74, 6) is -0.359. The van der Waals surface area contributed by atoms with E-state index < -0.39 is 28.5 Å². The van der Waals surface area contributed by atoms with E-state index in [0.29, 0.717) is 33.5 Å². The van der Waals surface area contributed by atoms with Crippen molar-refractivity contribution < 1.29 is 27.5 Å². The summed E-state index contributed by atoms with van der Waals surface area (Å²) in [6, 6.07) is 8.54. The minimum Gasteiger partial charge on any atom is -0.454 e. The fraction of sp³-hybridized carbons (Fsp3) is 0.440. The van der Waals surface area contributed by atoms with Gasteiger partial charge in [-0.25, -0.2) is 8.42 Å². The van der Waals surface area contributed by atoms with Crippen LogP contribution in [0.3, 0.4) is 0 Å². The number of amides is 2. The Morgan fingerprint density at radius 1 is 1.05 bits per heavy atom. The summed E-state index contributed by atoms with van der Waals surface area (Å²) in [6.45, 7) is 6.25. The van der Waals surface area contributed by atoms with Crippen molar-refractivity contribution in [1.82, 2.24) is 10.2 Å². The van der Waals surface area contributed by atoms with Gasteiger partial charge in [-0.3, -0.25) is 13.9 Å². The predicted octanol–water partition coefficient (Wildman–Crippen LogP) is 4.21. The fourth-order valence-electron chi connectivity index (χ4n) is 3.66. The molecule has 0 saturated heterocycles. The minimum absolute atomic E-state index is 0.0213. The number of sulfonamides is 1. The summed E-state index contributed by atoms with van der Waals surface area (Å²) >= 11 is 12.7. The van der Waals surface area contributed by atoms with Crippen LogP contribution in [0.1, 0.15) is 39.7 Å². The SMILES string of the molecule is CC[C@@H](C)NC(=O)[C@H](C)N(Cc1c(Cl)cccc1Cl)C(=O)CN(c1ccc2c(c1)OCO2)S(=O)(=O)CC. The van der Waals surface area contributed by atoms with Gasteiger partial charge in [0.2, 0.25) is 28.6 Å². The molecule has 12 heteroatoms. The maximum absolute atomic E-state index is 13.7. The van der Waals surface area contributed by atoms with Crippen LogP contribution in [-0.4, -0.2) is 56.3 Å². The first-order valence-electron chi connectivity index (χ1n) is 11.9. The first kappa shape index (κ1) is 28.9. The zero-order valence-corrected chi connectivity index (χ0v) is 23.5. The average Bonchev–Trinajstić information content (AvgIpc) is 3.34. The summed E-state index contributed by atoms with van der Waals surface area (Å²) in [6.07, 6.45) is 0.704. The molecular weight excluding hydrogens is 541 g/mol. The third kappa shape index (κ3) is 6.80. The van der Waals surface area contributed by atoms with Crippen LogP contribution in [0.15, 0.2) is 36.4 Å². The highest BCUT2D eigenvalue weighted by Crippen LogP contribution is 2.36. The Labute approximate surface area is 227 Å². The van der Waals surface area contributed by atoms with Gasteiger partial charge in [-0.05, 0) is 51.5 Å². The molecular formula is C25H31Cl2N3O6S. The number of rotatable bonds is 11. The van der Waals surface area contributed by atoms with Crippen molar-refractivity contribution in [3.63, 3.8) is 0 Å². The standard InChI is InChI=1S/C25H31Cl2N3O6S/c1-5-16(3)28-25(32)17(4)29(13-19-20(26)8-7-9-21(19)27)24(31)14-30(37(33,34)6-2)18-10-11-22-23(12-18)36-15-35-22/h7-12,16-17H,5-6,13-15H2,1-4H3,(H,28,32)/t16-,17+/m1/s1. The molecule has 0 bridgehead atoms. The van der Waals surface area contributed by atoms with E-state index in [2.05, 4.69) is 5.32 Å². The highest BCUT2D eigenvalue weighted by atomic mass is 35.5. The number of nitrogens with one attached hydrogen (secondary N) is 1. The third-order valence-corrected chi connectivity index (χ3v) is 8.63. The molecule has 1 heterocycles. The molecule has 202 valence electrons. The molecule has 0 unspecified atom stereocenters. The lowest BCUT2D eigenvalue weighted by Gasteiger charge is -2.32. The Hall–Kier alpha value is -2.69. The van der Waals surface area contributed by atoms with E-state index >= 15 is 0 Å². The lowest BCUT2D eigenvalue weighted by atomic mass is 10.1. The van der Waals surface area contributed by atoms with E-state index in [-0.39, 0.29) is 36.7 Å². The second kappa shape index (κ2) is 12.2. The third-order valence-electron chi connectivity index (χ3n) is 6.18. The highest BCUT2D eigenvalue weighted by molar-refractivity contribution is 7.92. The van der Waals surface area contributed by atoms with Crippen LogP contribution >= 0.6 is 23.2 Å². The number of benzene rings is 2. The van der Waals surface area contributed by atoms with Crippen LogP contribution in [-0.2, 0) is 26.2 Å². The number of anilines is 1. The van der Waals surface area contributed by atoms with Crippen LogP contribution in [0.2, 0.25) is 10.0 Å². The van der Waals surface area contributed by atoms with Gasteiger partial charge in [-0.2, -0.15) is 0 Å². The number of fused-ring (bicyclic) bond motifs is 1. The molecule has 0 fully saturated rings. The van der Waals surface area contributed by atoms with Crippen molar-refractivity contribution in [3.8, 4) is 11.5 Å². The van der Waals surface area contributed by atoms with E-state index in [1.54, 1.807) is 37.3 Å². The van der Waals surface area contributed by atoms with E-state index in [1.165, 1.54) is 17.9 Å². The van der Waals surface area contributed by atoms with Crippen LogP contribution in [0.25, 0.3) is 0 Å². The van der Waals surface area contributed by atoms with Gasteiger partial charge in [-0.1, -0.05) is 36.2 Å². The molecule has 2 atom stereocenters. The molecule has 1 aliphatic heterocycles. The number of ether oxygens (including phenoxy) is 2. The van der Waals surface area contributed by atoms with Gasteiger partial charge in [0.15, 0.2) is 11.5 Å². The average molecular weight is 573 g/mol. The Bertz CT molecular complexity index is 1240. The van der Waals surface area contributed by atoms with Gasteiger partial charge in [0, 0.05) is 34.3 Å². The number of hydrogen-bond donors (Lipinski definition) is 1. The lowest BCUT2D eigenvalue weighted by molar-refractivity contribution is -0.139. The lowest BCUT2D eigenvalue weighted by Crippen LogP contribution is -2.52. The first-order chi connectivity index (χ1) is 17.5. The van der Waals surface area contributed by atoms with E-state index in [9.17, 15) is 18.0 Å². The van der Waals surface area contributed by atoms with Crippen molar-refractivity contribution in [2.24, 2.45) is 0 Å². The Morgan fingerprint density at radius 3 is 2.32 bits per heavy atom. The first-order valence-corrected chi connectivity index (χ1v) is 14.3. The molecule has 2 aromatic rings. The fourth-order valence-corrected chi connectivity index (χ4v) is 5.23. The van der Waals surface area contributed by atoms with Gasteiger partial charge >= 0.3 is 0 Å². The van der Waals surface area contributed by atoms with E-state index in [4.69, 9.17) is 32.7 Å². The molecule has 0 radical (unpaired) electrons. The molecule has 9 nitrogen and oxygen atoms in total. The number of halogens is 2. The van der Waals surface area contributed by atoms with Gasteiger partial charge in [0.25, 0.3) is 0 Å². The summed E-state index contributed by atoms with van der Waals surface area (Å²) in [7, 11) is -3.88. The molecule has 1 aliphatic rings. The second-order valence-electron chi connectivity index (χ2n) is 8.66. The van der Waals surface area contributed by atoms with Crippen LogP contribution in [0.4, 0.5) is 5.69 Å². The van der Waals surface area contributed by atoms with Crippen LogP contribution < -0.4 is 19.1 Å². The van der Waals surface area contributed by atoms with E-state index in [1.807, 2.05) is 13.8 Å². The second-order valence-corrected chi connectivity index (χ2v) is 11.7. The Kier molecular flexibility index (Phi) is 9.55. The molecule has 1 N–H and O–H groups in total. The smallest absolute Gasteiger partial charge is 0.244 e. The number of hydrogen-bond acceptors (Lipinski definition) is 6. The maximum Gasteiger partial charge on any atom is 0.244 e. The summed E-state index contributed by atoms with van der Waals surface area (Å²) in [5, 5.41) is 3.53. The maximum atomic E-state index is 13.7. The minimum atomic E-state index is -3.88. The molecule has 2 aromatic carbocycles. The van der Waals surface area contributed by atoms with Gasteiger partial charge in [0.05, 0.1) is 11.4 Å². The number of carbonyl (C=O) groups excluding carboxylic acids is 2. The molecule has 2 amide bonds. The van der Waals surface area contributed by atoms with Crippen molar-refractivity contribution in [3.05, 3.63) is 52.0 Å². The monoisotopic (exact) mass is 571 g/mol. The topological polar surface area (TPSA) is 105 Å². The number of carbonyl (C=O) groups is 2. The van der Waals surface area contributed by atoms with E-state index in [0.717, 1.165) is 4.31 Å². The van der Waals surface area contributed by atoms with Crippen molar-refractivity contribution in [2.45, 2.75) is 52.7 Å². The van der Waals surface area contributed by atoms with Gasteiger partial charge in [0.1, 0.15) is 12.6 Å². The molecule has 3 rings (SSSR count). The largest absolute Gasteiger partial charge is 0.454 e. The molecule has 0 aromatic heterocycles. The van der Waals surface area contributed by atoms with Crippen LogP contribution in [0, 0.1) is 0 Å². The molecule has 0 aliphatic carbocycles. The Balaban J connectivity index is 1.98. The van der Waals surface area contributed by atoms with Gasteiger partial charge in [-0.15, -0.1) is 0 Å². The molecule has 37 heavy (non-hydrogen) atoms. The quantitative estimate of drug-likeness (QED) is 0.433. The Morgan fingerprint density at radius 2 is 1.70 bits per heavy atom. The molecule has 0 spiro atoms. The summed E-state index contributed by atoms with van der Waals surface area (Å²) in [5.41, 5.74) is 0.697. The predicted molar refractivity (Wildman–Crippen MR) is 144 cm³/mol. The van der Waals surface area contributed by atoms with Crippen molar-refractivity contribution in [2.75, 3.05) is 23.4 Å². The zero-order valence-electron chi connectivity index (χ0n) is 21.2. The van der Waals surface area contributed by atoms with Gasteiger partial charge < -0.3 is 19.7 Å². The van der Waals surface area contributed by atoms with Crippen molar-refractivity contribution in [1.29, 1.82) is 0 Å². The molecule has 0 saturated carbocycles. The number of nitrogens with zero attached hydrogens (tertiary/aromatic N) is 2. The zero-order chi connectivity index (χ0) is 27.3.